The number of hydrogen-bond donors (Lipinski definition) is 1. The molecule has 4 nitrogen and oxygen atoms in total. The number of benzene rings is 1. The Morgan fingerprint density at radius 2 is 2.00 bits per heavy atom. The highest BCUT2D eigenvalue weighted by Gasteiger charge is 2.23. The van der Waals surface area contributed by atoms with Gasteiger partial charge in [-0.3, -0.25) is 9.78 Å². The summed E-state index contributed by atoms with van der Waals surface area (Å²) in [6, 6.07) is 10.2. The van der Waals surface area contributed by atoms with E-state index in [2.05, 4.69) is 10.3 Å². The van der Waals surface area contributed by atoms with Gasteiger partial charge in [-0.1, -0.05) is 18.2 Å². The van der Waals surface area contributed by atoms with Crippen LogP contribution in [0, 0.1) is 0 Å². The van der Waals surface area contributed by atoms with Gasteiger partial charge in [0.1, 0.15) is 0 Å². The lowest BCUT2D eigenvalue weighted by molar-refractivity contribution is 0.0709. The maximum absolute atomic E-state index is 12.7. The van der Waals surface area contributed by atoms with E-state index in [1.54, 1.807) is 6.20 Å². The molecular formula is C16H19N3O. The summed E-state index contributed by atoms with van der Waals surface area (Å²) < 4.78 is 0. The Morgan fingerprint density at radius 1 is 1.25 bits per heavy atom. The summed E-state index contributed by atoms with van der Waals surface area (Å²) in [6.45, 7) is 1.63. The minimum Gasteiger partial charge on any atom is -0.338 e. The molecule has 2 heterocycles. The molecule has 104 valence electrons. The summed E-state index contributed by atoms with van der Waals surface area (Å²) in [4.78, 5) is 19.0. The van der Waals surface area contributed by atoms with Gasteiger partial charge >= 0.3 is 0 Å². The Bertz CT molecular complexity index is 613. The average Bonchev–Trinajstić information content (AvgIpc) is 2.54. The molecule has 1 aliphatic rings. The number of likely N-dealkylation sites (tertiary alicyclic amines) is 1. The van der Waals surface area contributed by atoms with Crippen molar-refractivity contribution in [3.63, 3.8) is 0 Å². The van der Waals surface area contributed by atoms with Crippen LogP contribution in [0.15, 0.2) is 36.5 Å². The van der Waals surface area contributed by atoms with E-state index in [1.165, 1.54) is 0 Å². The van der Waals surface area contributed by atoms with E-state index in [0.717, 1.165) is 36.8 Å². The van der Waals surface area contributed by atoms with Crippen molar-refractivity contribution < 1.29 is 4.79 Å². The number of aromatic nitrogens is 1. The van der Waals surface area contributed by atoms with Crippen LogP contribution in [0.4, 0.5) is 0 Å². The maximum Gasteiger partial charge on any atom is 0.256 e. The molecule has 0 radical (unpaired) electrons. The molecule has 0 atom stereocenters. The van der Waals surface area contributed by atoms with Crippen molar-refractivity contribution in [2.75, 3.05) is 20.1 Å². The smallest absolute Gasteiger partial charge is 0.256 e. The molecule has 0 aliphatic carbocycles. The van der Waals surface area contributed by atoms with E-state index in [1.807, 2.05) is 42.3 Å². The Kier molecular flexibility index (Phi) is 3.65. The Labute approximate surface area is 118 Å². The first-order valence-corrected chi connectivity index (χ1v) is 7.10. The van der Waals surface area contributed by atoms with Crippen molar-refractivity contribution in [3.05, 3.63) is 42.1 Å². The number of carbonyl (C=O) groups is 1. The van der Waals surface area contributed by atoms with Crippen molar-refractivity contribution in [1.82, 2.24) is 15.2 Å². The first-order chi connectivity index (χ1) is 9.79. The molecular weight excluding hydrogens is 250 g/mol. The van der Waals surface area contributed by atoms with Crippen LogP contribution in [-0.4, -0.2) is 42.0 Å². The Balaban J connectivity index is 1.86. The standard InChI is InChI=1S/C16H19N3O/c1-17-13-7-10-19(11-8-13)16(20)14-6-2-4-12-5-3-9-18-15(12)14/h2-6,9,13,17H,7-8,10-11H2,1H3. The lowest BCUT2D eigenvalue weighted by Gasteiger charge is -2.32. The topological polar surface area (TPSA) is 45.2 Å². The lowest BCUT2D eigenvalue weighted by atomic mass is 10.0. The van der Waals surface area contributed by atoms with Gasteiger partial charge in [0, 0.05) is 30.7 Å². The fourth-order valence-electron chi connectivity index (χ4n) is 2.82. The highest BCUT2D eigenvalue weighted by Crippen LogP contribution is 2.20. The summed E-state index contributed by atoms with van der Waals surface area (Å²) in [5.41, 5.74) is 1.52. The highest BCUT2D eigenvalue weighted by atomic mass is 16.2. The van der Waals surface area contributed by atoms with E-state index in [0.29, 0.717) is 11.6 Å². The van der Waals surface area contributed by atoms with Crippen LogP contribution >= 0.6 is 0 Å². The number of hydrogen-bond acceptors (Lipinski definition) is 3. The van der Waals surface area contributed by atoms with Crippen molar-refractivity contribution in [2.24, 2.45) is 0 Å². The molecule has 0 bridgehead atoms. The van der Waals surface area contributed by atoms with E-state index in [4.69, 9.17) is 0 Å². The van der Waals surface area contributed by atoms with Gasteiger partial charge in [0.15, 0.2) is 0 Å². The minimum atomic E-state index is 0.101. The summed E-state index contributed by atoms with van der Waals surface area (Å²) >= 11 is 0. The summed E-state index contributed by atoms with van der Waals surface area (Å²) in [5, 5.41) is 4.30. The van der Waals surface area contributed by atoms with Gasteiger partial charge in [-0.25, -0.2) is 0 Å². The predicted octanol–water partition coefficient (Wildman–Crippen LogP) is 2.06. The number of piperidine rings is 1. The van der Waals surface area contributed by atoms with Gasteiger partial charge in [0.2, 0.25) is 0 Å². The SMILES string of the molecule is CNC1CCN(C(=O)c2cccc3cccnc23)CC1. The average molecular weight is 269 g/mol. The summed E-state index contributed by atoms with van der Waals surface area (Å²) in [6.07, 6.45) is 3.77. The third-order valence-electron chi connectivity index (χ3n) is 4.05. The second-order valence-electron chi connectivity index (χ2n) is 5.24. The molecule has 4 heteroatoms. The van der Waals surface area contributed by atoms with Gasteiger partial charge in [-0.15, -0.1) is 0 Å². The molecule has 20 heavy (non-hydrogen) atoms. The monoisotopic (exact) mass is 269 g/mol. The number of pyridine rings is 1. The molecule has 3 rings (SSSR count). The third-order valence-corrected chi connectivity index (χ3v) is 4.05. The molecule has 1 N–H and O–H groups in total. The number of amides is 1. The summed E-state index contributed by atoms with van der Waals surface area (Å²) in [7, 11) is 1.98. The second-order valence-corrected chi connectivity index (χ2v) is 5.24. The zero-order chi connectivity index (χ0) is 13.9. The molecule has 1 fully saturated rings. The van der Waals surface area contributed by atoms with E-state index >= 15 is 0 Å². The molecule has 2 aromatic rings. The van der Waals surface area contributed by atoms with Crippen LogP contribution in [0.25, 0.3) is 10.9 Å². The second kappa shape index (κ2) is 5.59. The number of nitrogens with zero attached hydrogens (tertiary/aromatic N) is 2. The third kappa shape index (κ3) is 2.39. The van der Waals surface area contributed by atoms with E-state index < -0.39 is 0 Å². The zero-order valence-electron chi connectivity index (χ0n) is 11.7. The fourth-order valence-corrected chi connectivity index (χ4v) is 2.82. The van der Waals surface area contributed by atoms with Crippen LogP contribution < -0.4 is 5.32 Å². The molecule has 1 aromatic carbocycles. The van der Waals surface area contributed by atoms with Crippen molar-refractivity contribution >= 4 is 16.8 Å². The lowest BCUT2D eigenvalue weighted by Crippen LogP contribution is -2.44. The van der Waals surface area contributed by atoms with Gasteiger partial charge in [0.25, 0.3) is 5.91 Å². The number of rotatable bonds is 2. The van der Waals surface area contributed by atoms with Crippen molar-refractivity contribution in [3.8, 4) is 0 Å². The Hall–Kier alpha value is -1.94. The first-order valence-electron chi connectivity index (χ1n) is 7.10. The molecule has 1 aromatic heterocycles. The predicted molar refractivity (Wildman–Crippen MR) is 79.7 cm³/mol. The quantitative estimate of drug-likeness (QED) is 0.907. The number of para-hydroxylation sites is 1. The number of fused-ring (bicyclic) bond motifs is 1. The fraction of sp³-hybridized carbons (Fsp3) is 0.375. The number of carbonyl (C=O) groups excluding carboxylic acids is 1. The van der Waals surface area contributed by atoms with Gasteiger partial charge < -0.3 is 10.2 Å². The largest absolute Gasteiger partial charge is 0.338 e. The molecule has 0 unspecified atom stereocenters. The molecule has 1 aliphatic heterocycles. The van der Waals surface area contributed by atoms with Crippen LogP contribution in [-0.2, 0) is 0 Å². The molecule has 1 amide bonds. The first kappa shape index (κ1) is 13.1. The van der Waals surface area contributed by atoms with E-state index in [-0.39, 0.29) is 5.91 Å². The molecule has 0 spiro atoms. The van der Waals surface area contributed by atoms with Crippen LogP contribution in [0.1, 0.15) is 23.2 Å². The van der Waals surface area contributed by atoms with Crippen molar-refractivity contribution in [1.29, 1.82) is 0 Å². The summed E-state index contributed by atoms with van der Waals surface area (Å²) in [5.74, 6) is 0.101. The molecule has 1 saturated heterocycles. The molecule has 0 saturated carbocycles. The van der Waals surface area contributed by atoms with Crippen LogP contribution in [0.2, 0.25) is 0 Å². The van der Waals surface area contributed by atoms with Gasteiger partial charge in [-0.05, 0) is 32.0 Å². The minimum absolute atomic E-state index is 0.101. The maximum atomic E-state index is 12.7. The highest BCUT2D eigenvalue weighted by molar-refractivity contribution is 6.05. The van der Waals surface area contributed by atoms with Gasteiger partial charge in [-0.2, -0.15) is 0 Å². The Morgan fingerprint density at radius 3 is 2.75 bits per heavy atom. The zero-order valence-corrected chi connectivity index (χ0v) is 11.7. The van der Waals surface area contributed by atoms with Crippen molar-refractivity contribution in [2.45, 2.75) is 18.9 Å². The van der Waals surface area contributed by atoms with E-state index in [9.17, 15) is 4.79 Å². The van der Waals surface area contributed by atoms with Crippen LogP contribution in [0.5, 0.6) is 0 Å². The van der Waals surface area contributed by atoms with Gasteiger partial charge in [0.05, 0.1) is 11.1 Å². The number of nitrogens with one attached hydrogen (secondary N) is 1. The normalized spacial score (nSPS) is 16.6. The van der Waals surface area contributed by atoms with Crippen LogP contribution in [0.3, 0.4) is 0 Å².